The SMILES string of the molecule is c1ccc2cc3cc4c(-c5ccoc5)cccc4cc3cc2c1. The number of rotatable bonds is 1. The van der Waals surface area contributed by atoms with Gasteiger partial charge in [0.05, 0.1) is 12.5 Å². The standard InChI is InChI=1S/C22H14O/c1-2-5-16-11-20-13-22-17(12-19(20)10-15(16)4-1)6-3-7-21(22)18-8-9-23-14-18/h1-14H. The molecule has 0 aliphatic heterocycles. The topological polar surface area (TPSA) is 13.1 Å². The van der Waals surface area contributed by atoms with Crippen LogP contribution in [0, 0.1) is 0 Å². The first-order chi connectivity index (χ1) is 11.4. The minimum Gasteiger partial charge on any atom is -0.472 e. The zero-order valence-electron chi connectivity index (χ0n) is 12.5. The number of furan rings is 1. The Morgan fingerprint density at radius 2 is 1.26 bits per heavy atom. The lowest BCUT2D eigenvalue weighted by atomic mass is 9.95. The average molecular weight is 294 g/mol. The predicted octanol–water partition coefficient (Wildman–Crippen LogP) is 6.41. The minimum absolute atomic E-state index is 1.12. The number of fused-ring (bicyclic) bond motifs is 3. The van der Waals surface area contributed by atoms with Gasteiger partial charge in [-0.1, -0.05) is 42.5 Å². The third-order valence-electron chi connectivity index (χ3n) is 4.53. The highest BCUT2D eigenvalue weighted by Crippen LogP contribution is 2.33. The molecular weight excluding hydrogens is 280 g/mol. The molecule has 108 valence electrons. The van der Waals surface area contributed by atoms with Gasteiger partial charge in [-0.25, -0.2) is 0 Å². The van der Waals surface area contributed by atoms with E-state index >= 15 is 0 Å². The van der Waals surface area contributed by atoms with Crippen LogP contribution in [0.2, 0.25) is 0 Å². The van der Waals surface area contributed by atoms with Crippen LogP contribution in [-0.2, 0) is 0 Å². The predicted molar refractivity (Wildman–Crippen MR) is 96.7 cm³/mol. The van der Waals surface area contributed by atoms with Crippen LogP contribution in [0.15, 0.2) is 89.7 Å². The Morgan fingerprint density at radius 1 is 0.565 bits per heavy atom. The summed E-state index contributed by atoms with van der Waals surface area (Å²) in [5.74, 6) is 0. The van der Waals surface area contributed by atoms with Crippen LogP contribution in [0.3, 0.4) is 0 Å². The lowest BCUT2D eigenvalue weighted by molar-refractivity contribution is 0.568. The summed E-state index contributed by atoms with van der Waals surface area (Å²) in [6.07, 6.45) is 3.53. The quantitative estimate of drug-likeness (QED) is 0.326. The summed E-state index contributed by atoms with van der Waals surface area (Å²) in [4.78, 5) is 0. The molecule has 0 fully saturated rings. The van der Waals surface area contributed by atoms with Crippen molar-refractivity contribution in [2.45, 2.75) is 0 Å². The molecule has 5 aromatic rings. The van der Waals surface area contributed by atoms with E-state index in [-0.39, 0.29) is 0 Å². The third kappa shape index (κ3) is 1.94. The van der Waals surface area contributed by atoms with Crippen LogP contribution in [-0.4, -0.2) is 0 Å². The Balaban J connectivity index is 1.89. The molecule has 23 heavy (non-hydrogen) atoms. The largest absolute Gasteiger partial charge is 0.472 e. The van der Waals surface area contributed by atoms with E-state index in [4.69, 9.17) is 4.42 Å². The van der Waals surface area contributed by atoms with E-state index in [0.29, 0.717) is 0 Å². The van der Waals surface area contributed by atoms with Crippen molar-refractivity contribution in [2.75, 3.05) is 0 Å². The molecular formula is C22H14O. The van der Waals surface area contributed by atoms with Gasteiger partial charge in [-0.2, -0.15) is 0 Å². The maximum Gasteiger partial charge on any atom is 0.0981 e. The second-order valence-corrected chi connectivity index (χ2v) is 5.94. The Morgan fingerprint density at radius 3 is 2.00 bits per heavy atom. The highest BCUT2D eigenvalue weighted by molar-refractivity contribution is 6.08. The second kappa shape index (κ2) is 4.72. The van der Waals surface area contributed by atoms with Crippen LogP contribution in [0.5, 0.6) is 0 Å². The van der Waals surface area contributed by atoms with Crippen molar-refractivity contribution in [2.24, 2.45) is 0 Å². The molecule has 0 bridgehead atoms. The summed E-state index contributed by atoms with van der Waals surface area (Å²) in [6, 6.07) is 26.1. The summed E-state index contributed by atoms with van der Waals surface area (Å²) < 4.78 is 5.26. The minimum atomic E-state index is 1.12. The van der Waals surface area contributed by atoms with Gasteiger partial charge in [0.2, 0.25) is 0 Å². The zero-order valence-corrected chi connectivity index (χ0v) is 12.5. The maximum absolute atomic E-state index is 5.26. The molecule has 1 aromatic heterocycles. The summed E-state index contributed by atoms with van der Waals surface area (Å²) in [6.45, 7) is 0. The summed E-state index contributed by atoms with van der Waals surface area (Å²) in [5.41, 5.74) is 2.34. The van der Waals surface area contributed by atoms with Gasteiger partial charge in [0, 0.05) is 5.56 Å². The van der Waals surface area contributed by atoms with Crippen molar-refractivity contribution >= 4 is 32.3 Å². The lowest BCUT2D eigenvalue weighted by Gasteiger charge is -2.08. The van der Waals surface area contributed by atoms with Crippen molar-refractivity contribution in [1.29, 1.82) is 0 Å². The maximum atomic E-state index is 5.26. The highest BCUT2D eigenvalue weighted by atomic mass is 16.3. The van der Waals surface area contributed by atoms with Crippen molar-refractivity contribution < 1.29 is 4.42 Å². The molecule has 0 radical (unpaired) electrons. The van der Waals surface area contributed by atoms with Crippen LogP contribution < -0.4 is 0 Å². The molecule has 0 aliphatic rings. The molecule has 0 atom stereocenters. The van der Waals surface area contributed by atoms with E-state index in [2.05, 4.69) is 66.7 Å². The normalized spacial score (nSPS) is 11.5. The molecule has 0 spiro atoms. The number of hydrogen-bond acceptors (Lipinski definition) is 1. The fourth-order valence-corrected chi connectivity index (χ4v) is 3.39. The summed E-state index contributed by atoms with van der Waals surface area (Å²) in [7, 11) is 0. The van der Waals surface area contributed by atoms with E-state index < -0.39 is 0 Å². The third-order valence-corrected chi connectivity index (χ3v) is 4.53. The first kappa shape index (κ1) is 12.5. The number of benzene rings is 4. The van der Waals surface area contributed by atoms with Crippen molar-refractivity contribution in [3.63, 3.8) is 0 Å². The Hall–Kier alpha value is -3.06. The molecule has 1 heterocycles. The molecule has 0 amide bonds. The van der Waals surface area contributed by atoms with E-state index in [9.17, 15) is 0 Å². The Bertz CT molecular complexity index is 1150. The van der Waals surface area contributed by atoms with E-state index in [1.165, 1.54) is 37.9 Å². The lowest BCUT2D eigenvalue weighted by Crippen LogP contribution is -1.82. The van der Waals surface area contributed by atoms with Crippen LogP contribution >= 0.6 is 0 Å². The first-order valence-electron chi connectivity index (χ1n) is 7.76. The molecule has 0 N–H and O–H groups in total. The van der Waals surface area contributed by atoms with Crippen LogP contribution in [0.25, 0.3) is 43.4 Å². The van der Waals surface area contributed by atoms with Gasteiger partial charge >= 0.3 is 0 Å². The van der Waals surface area contributed by atoms with Gasteiger partial charge in [-0.05, 0) is 68.2 Å². The Labute approximate surface area is 133 Å². The first-order valence-corrected chi connectivity index (χ1v) is 7.76. The van der Waals surface area contributed by atoms with Crippen molar-refractivity contribution in [3.8, 4) is 11.1 Å². The van der Waals surface area contributed by atoms with E-state index in [1.54, 1.807) is 12.5 Å². The molecule has 0 aliphatic carbocycles. The molecule has 0 unspecified atom stereocenters. The highest BCUT2D eigenvalue weighted by Gasteiger charge is 2.07. The number of hydrogen-bond donors (Lipinski definition) is 0. The van der Waals surface area contributed by atoms with Crippen LogP contribution in [0.4, 0.5) is 0 Å². The van der Waals surface area contributed by atoms with Gasteiger partial charge in [-0.15, -0.1) is 0 Å². The molecule has 4 aromatic carbocycles. The van der Waals surface area contributed by atoms with Gasteiger partial charge in [0.15, 0.2) is 0 Å². The molecule has 0 saturated heterocycles. The Kier molecular flexibility index (Phi) is 2.56. The van der Waals surface area contributed by atoms with Gasteiger partial charge in [-0.3, -0.25) is 0 Å². The van der Waals surface area contributed by atoms with Gasteiger partial charge in [0.25, 0.3) is 0 Å². The molecule has 0 saturated carbocycles. The zero-order chi connectivity index (χ0) is 15.2. The van der Waals surface area contributed by atoms with E-state index in [0.717, 1.165) is 5.56 Å². The average Bonchev–Trinajstić information content (AvgIpc) is 3.12. The summed E-state index contributed by atoms with van der Waals surface area (Å²) in [5, 5.41) is 7.63. The fraction of sp³-hybridized carbons (Fsp3) is 0. The summed E-state index contributed by atoms with van der Waals surface area (Å²) >= 11 is 0. The van der Waals surface area contributed by atoms with Gasteiger partial charge in [0.1, 0.15) is 0 Å². The van der Waals surface area contributed by atoms with Crippen molar-refractivity contribution in [1.82, 2.24) is 0 Å². The van der Waals surface area contributed by atoms with E-state index in [1.807, 2.05) is 6.07 Å². The molecule has 1 heteroatoms. The molecule has 1 nitrogen and oxygen atoms in total. The van der Waals surface area contributed by atoms with Gasteiger partial charge < -0.3 is 4.42 Å². The second-order valence-electron chi connectivity index (χ2n) is 5.94. The molecule has 5 rings (SSSR count). The van der Waals surface area contributed by atoms with Crippen LogP contribution in [0.1, 0.15) is 0 Å². The smallest absolute Gasteiger partial charge is 0.0981 e. The van der Waals surface area contributed by atoms with Crippen molar-refractivity contribution in [3.05, 3.63) is 85.3 Å². The monoisotopic (exact) mass is 294 g/mol. The fourth-order valence-electron chi connectivity index (χ4n) is 3.39.